The average Bonchev–Trinajstić information content (AvgIpc) is 3.08. The molecule has 7 nitrogen and oxygen atoms in total. The molecule has 1 atom stereocenters. The first-order chi connectivity index (χ1) is 9.47. The molecule has 0 aliphatic heterocycles. The lowest BCUT2D eigenvalue weighted by Gasteiger charge is -2.28. The van der Waals surface area contributed by atoms with Gasteiger partial charge in [0.2, 0.25) is 0 Å². The summed E-state index contributed by atoms with van der Waals surface area (Å²) in [5.41, 5.74) is -1.34. The number of nitrogens with zero attached hydrogens (tertiary/aromatic N) is 4. The van der Waals surface area contributed by atoms with Crippen LogP contribution in [0, 0.1) is 5.41 Å². The Bertz CT molecular complexity index is 476. The second-order valence-electron chi connectivity index (χ2n) is 5.74. The standard InChI is InChI=1S/C13H22N4O3/c1-4-12(2,20-3)10-14-15-16-17(10)9-13(11(18)19)7-5-6-8-13/h4-9H2,1-3H3,(H,18,19). The predicted molar refractivity (Wildman–Crippen MR) is 71.0 cm³/mol. The Morgan fingerprint density at radius 3 is 2.65 bits per heavy atom. The fourth-order valence-corrected chi connectivity index (χ4v) is 2.86. The van der Waals surface area contributed by atoms with E-state index >= 15 is 0 Å². The minimum atomic E-state index is -0.757. The van der Waals surface area contributed by atoms with Crippen LogP contribution in [0.2, 0.25) is 0 Å². The zero-order valence-electron chi connectivity index (χ0n) is 12.3. The molecule has 1 aliphatic rings. The monoisotopic (exact) mass is 282 g/mol. The third kappa shape index (κ3) is 2.42. The van der Waals surface area contributed by atoms with Crippen LogP contribution in [0.1, 0.15) is 51.8 Å². The second-order valence-corrected chi connectivity index (χ2v) is 5.74. The minimum absolute atomic E-state index is 0.309. The van der Waals surface area contributed by atoms with Gasteiger partial charge in [-0.1, -0.05) is 19.8 Å². The van der Waals surface area contributed by atoms with Gasteiger partial charge in [0.05, 0.1) is 12.0 Å². The van der Waals surface area contributed by atoms with Crippen LogP contribution in [0.15, 0.2) is 0 Å². The van der Waals surface area contributed by atoms with Crippen molar-refractivity contribution in [2.24, 2.45) is 5.41 Å². The Hall–Kier alpha value is -1.50. The van der Waals surface area contributed by atoms with Crippen LogP contribution < -0.4 is 0 Å². The van der Waals surface area contributed by atoms with Crippen LogP contribution >= 0.6 is 0 Å². The summed E-state index contributed by atoms with van der Waals surface area (Å²) in [6.07, 6.45) is 3.96. The highest BCUT2D eigenvalue weighted by Crippen LogP contribution is 2.40. The van der Waals surface area contributed by atoms with Crippen molar-refractivity contribution in [3.8, 4) is 0 Å². The van der Waals surface area contributed by atoms with Crippen LogP contribution in [-0.4, -0.2) is 38.4 Å². The molecule has 1 heterocycles. The first kappa shape index (κ1) is 14.9. The molecule has 2 rings (SSSR count). The molecule has 0 amide bonds. The number of carboxylic acids is 1. The molecule has 1 unspecified atom stereocenters. The fraction of sp³-hybridized carbons (Fsp3) is 0.846. The molecule has 0 bridgehead atoms. The van der Waals surface area contributed by atoms with E-state index in [1.807, 2.05) is 13.8 Å². The van der Waals surface area contributed by atoms with Crippen molar-refractivity contribution < 1.29 is 14.6 Å². The van der Waals surface area contributed by atoms with Gasteiger partial charge in [-0.05, 0) is 36.6 Å². The molecule has 0 aromatic carbocycles. The van der Waals surface area contributed by atoms with Crippen molar-refractivity contribution >= 4 is 5.97 Å². The summed E-state index contributed by atoms with van der Waals surface area (Å²) in [5, 5.41) is 21.3. The van der Waals surface area contributed by atoms with Gasteiger partial charge in [0.15, 0.2) is 5.82 Å². The van der Waals surface area contributed by atoms with Crippen molar-refractivity contribution in [1.29, 1.82) is 0 Å². The number of hydrogen-bond acceptors (Lipinski definition) is 5. The molecule has 1 N–H and O–H groups in total. The lowest BCUT2D eigenvalue weighted by Crippen LogP contribution is -2.36. The molecule has 7 heteroatoms. The maximum absolute atomic E-state index is 11.6. The number of carboxylic acid groups (broad SMARTS) is 1. The van der Waals surface area contributed by atoms with Crippen LogP contribution in [0.4, 0.5) is 0 Å². The van der Waals surface area contributed by atoms with Gasteiger partial charge in [-0.2, -0.15) is 0 Å². The molecule has 0 radical (unpaired) electrons. The van der Waals surface area contributed by atoms with Gasteiger partial charge < -0.3 is 9.84 Å². The number of ether oxygens (including phenoxy) is 1. The number of tetrazole rings is 1. The molecule has 1 saturated carbocycles. The summed E-state index contributed by atoms with van der Waals surface area (Å²) in [6.45, 7) is 4.21. The van der Waals surface area contributed by atoms with Crippen LogP contribution in [0.25, 0.3) is 0 Å². The number of rotatable bonds is 6. The zero-order valence-corrected chi connectivity index (χ0v) is 12.3. The van der Waals surface area contributed by atoms with E-state index in [0.29, 0.717) is 31.6 Å². The maximum atomic E-state index is 11.6. The van der Waals surface area contributed by atoms with E-state index in [4.69, 9.17) is 4.74 Å². The summed E-state index contributed by atoms with van der Waals surface area (Å²) in [6, 6.07) is 0. The van der Waals surface area contributed by atoms with Crippen molar-refractivity contribution in [1.82, 2.24) is 20.2 Å². The van der Waals surface area contributed by atoms with Gasteiger partial charge in [0.25, 0.3) is 0 Å². The minimum Gasteiger partial charge on any atom is -0.481 e. The van der Waals surface area contributed by atoms with Crippen molar-refractivity contribution in [3.63, 3.8) is 0 Å². The van der Waals surface area contributed by atoms with E-state index in [-0.39, 0.29) is 0 Å². The molecule has 0 saturated heterocycles. The Morgan fingerprint density at radius 1 is 1.50 bits per heavy atom. The van der Waals surface area contributed by atoms with E-state index in [1.165, 1.54) is 0 Å². The van der Waals surface area contributed by atoms with Gasteiger partial charge in [-0.3, -0.25) is 4.79 Å². The highest BCUT2D eigenvalue weighted by molar-refractivity contribution is 5.74. The number of aliphatic carboxylic acids is 1. The summed E-state index contributed by atoms with van der Waals surface area (Å²) in [7, 11) is 1.62. The van der Waals surface area contributed by atoms with Crippen LogP contribution in [0.3, 0.4) is 0 Å². The molecule has 1 fully saturated rings. The molecular formula is C13H22N4O3. The molecule has 20 heavy (non-hydrogen) atoms. The van der Waals surface area contributed by atoms with E-state index in [9.17, 15) is 9.90 Å². The average molecular weight is 282 g/mol. The Morgan fingerprint density at radius 2 is 2.15 bits per heavy atom. The molecule has 0 spiro atoms. The molecule has 1 aromatic rings. The van der Waals surface area contributed by atoms with Gasteiger partial charge in [-0.25, -0.2) is 4.68 Å². The Kier molecular flexibility index (Phi) is 4.08. The van der Waals surface area contributed by atoms with E-state index in [0.717, 1.165) is 12.8 Å². The zero-order chi connectivity index (χ0) is 14.8. The molecule has 1 aromatic heterocycles. The summed E-state index contributed by atoms with van der Waals surface area (Å²) in [5.74, 6) is -0.165. The number of aromatic nitrogens is 4. The third-order valence-corrected chi connectivity index (χ3v) is 4.60. The number of methoxy groups -OCH3 is 1. The quantitative estimate of drug-likeness (QED) is 0.852. The van der Waals surface area contributed by atoms with Gasteiger partial charge >= 0.3 is 5.97 Å². The van der Waals surface area contributed by atoms with Crippen molar-refractivity contribution in [3.05, 3.63) is 5.82 Å². The van der Waals surface area contributed by atoms with E-state index in [1.54, 1.807) is 11.8 Å². The van der Waals surface area contributed by atoms with Gasteiger partial charge in [-0.15, -0.1) is 5.10 Å². The normalized spacial score (nSPS) is 20.8. The summed E-state index contributed by atoms with van der Waals surface area (Å²) < 4.78 is 7.12. The first-order valence-electron chi connectivity index (χ1n) is 7.02. The number of hydrogen-bond donors (Lipinski definition) is 1. The fourth-order valence-electron chi connectivity index (χ4n) is 2.86. The van der Waals surface area contributed by atoms with Gasteiger partial charge in [0.1, 0.15) is 5.60 Å². The van der Waals surface area contributed by atoms with E-state index in [2.05, 4.69) is 15.5 Å². The second kappa shape index (κ2) is 5.47. The molecule has 112 valence electrons. The number of carbonyl (C=O) groups is 1. The highest BCUT2D eigenvalue weighted by Gasteiger charge is 2.43. The molecule has 1 aliphatic carbocycles. The molecular weight excluding hydrogens is 260 g/mol. The largest absolute Gasteiger partial charge is 0.481 e. The highest BCUT2D eigenvalue weighted by atomic mass is 16.5. The van der Waals surface area contributed by atoms with Crippen LogP contribution in [0.5, 0.6) is 0 Å². The summed E-state index contributed by atoms with van der Waals surface area (Å²) >= 11 is 0. The van der Waals surface area contributed by atoms with Crippen molar-refractivity contribution in [2.75, 3.05) is 7.11 Å². The first-order valence-corrected chi connectivity index (χ1v) is 7.02. The summed E-state index contributed by atoms with van der Waals surface area (Å²) in [4.78, 5) is 11.6. The maximum Gasteiger partial charge on any atom is 0.311 e. The SMILES string of the molecule is CCC(C)(OC)c1nnnn1CC1(C(=O)O)CCCC1. The predicted octanol–water partition coefficient (Wildman–Crippen LogP) is 1.59. The van der Waals surface area contributed by atoms with E-state index < -0.39 is 17.0 Å². The lowest BCUT2D eigenvalue weighted by atomic mass is 9.86. The Balaban J connectivity index is 2.31. The smallest absolute Gasteiger partial charge is 0.311 e. The lowest BCUT2D eigenvalue weighted by molar-refractivity contribution is -0.149. The van der Waals surface area contributed by atoms with Crippen molar-refractivity contribution in [2.45, 2.75) is 58.1 Å². The third-order valence-electron chi connectivity index (χ3n) is 4.60. The Labute approximate surface area is 118 Å². The van der Waals surface area contributed by atoms with Crippen LogP contribution in [-0.2, 0) is 21.7 Å². The topological polar surface area (TPSA) is 90.1 Å². The van der Waals surface area contributed by atoms with Gasteiger partial charge in [0, 0.05) is 7.11 Å².